The Morgan fingerprint density at radius 3 is 2.32 bits per heavy atom. The number of alkyl halides is 3. The van der Waals surface area contributed by atoms with E-state index in [0.29, 0.717) is 23.4 Å². The molecule has 0 aromatic carbocycles. The summed E-state index contributed by atoms with van der Waals surface area (Å²) in [6.45, 7) is 1.47. The first kappa shape index (κ1) is 19.6. The number of aryl methyl sites for hydroxylation is 1. The molecule has 5 saturated carbocycles. The molecular weight excluding hydrogens is 405 g/mol. The van der Waals surface area contributed by atoms with Gasteiger partial charge in [0, 0.05) is 17.2 Å². The molecule has 31 heavy (non-hydrogen) atoms. The lowest BCUT2D eigenvalue weighted by molar-refractivity contribution is -0.136. The highest BCUT2D eigenvalue weighted by Gasteiger charge is 2.51. The summed E-state index contributed by atoms with van der Waals surface area (Å²) in [5.41, 5.74) is 0.0786. The molecule has 5 aliphatic rings. The lowest BCUT2D eigenvalue weighted by Gasteiger charge is -2.56. The molecule has 2 aromatic rings. The van der Waals surface area contributed by atoms with Gasteiger partial charge < -0.3 is 5.32 Å². The first-order valence-electron chi connectivity index (χ1n) is 11.5. The minimum Gasteiger partial charge on any atom is -0.349 e. The number of hydrogen-bond acceptors (Lipinski definition) is 3. The zero-order valence-electron chi connectivity index (χ0n) is 17.6. The van der Waals surface area contributed by atoms with E-state index in [1.807, 2.05) is 0 Å². The van der Waals surface area contributed by atoms with E-state index >= 15 is 0 Å². The van der Waals surface area contributed by atoms with E-state index < -0.39 is 11.7 Å². The molecule has 0 atom stereocenters. The second-order valence-corrected chi connectivity index (χ2v) is 10.6. The van der Waals surface area contributed by atoms with Gasteiger partial charge in [0.25, 0.3) is 0 Å². The third-order valence-corrected chi connectivity index (χ3v) is 7.93. The van der Waals surface area contributed by atoms with Crippen molar-refractivity contribution in [2.24, 2.45) is 17.8 Å². The van der Waals surface area contributed by atoms with Crippen molar-refractivity contribution < 1.29 is 18.0 Å². The van der Waals surface area contributed by atoms with Gasteiger partial charge >= 0.3 is 6.18 Å². The summed E-state index contributed by atoms with van der Waals surface area (Å²) in [6.07, 6.45) is 4.18. The van der Waals surface area contributed by atoms with E-state index in [1.54, 1.807) is 6.92 Å². The Kier molecular flexibility index (Phi) is 4.07. The normalized spacial score (nSPS) is 32.1. The summed E-state index contributed by atoms with van der Waals surface area (Å²) in [7, 11) is 0. The Hall–Kier alpha value is -2.12. The number of rotatable bonds is 4. The molecule has 0 spiro atoms. The van der Waals surface area contributed by atoms with Crippen molar-refractivity contribution in [2.75, 3.05) is 0 Å². The highest BCUT2D eigenvalue weighted by molar-refractivity contribution is 5.85. The van der Waals surface area contributed by atoms with Gasteiger partial charge in [-0.15, -0.1) is 0 Å². The summed E-state index contributed by atoms with van der Waals surface area (Å²) < 4.78 is 42.7. The van der Waals surface area contributed by atoms with Gasteiger partial charge in [-0.25, -0.2) is 9.67 Å². The average molecular weight is 432 g/mol. The molecule has 4 bridgehead atoms. The zero-order chi connectivity index (χ0) is 21.5. The maximum atomic E-state index is 13.8. The maximum absolute atomic E-state index is 13.8. The third kappa shape index (κ3) is 3.33. The molecule has 2 aromatic heterocycles. The smallest absolute Gasteiger partial charge is 0.349 e. The van der Waals surface area contributed by atoms with Gasteiger partial charge in [0.2, 0.25) is 5.91 Å². The van der Waals surface area contributed by atoms with Crippen LogP contribution in [0, 0.1) is 24.7 Å². The van der Waals surface area contributed by atoms with Crippen molar-refractivity contribution in [3.05, 3.63) is 23.0 Å². The predicted octanol–water partition coefficient (Wildman–Crippen LogP) is 4.72. The number of amides is 1. The van der Waals surface area contributed by atoms with Gasteiger partial charge in [-0.05, 0) is 82.1 Å². The lowest BCUT2D eigenvalue weighted by atomic mass is 9.53. The molecule has 5 aliphatic carbocycles. The number of nitrogens with zero attached hydrogens (tertiary/aromatic N) is 3. The summed E-state index contributed by atoms with van der Waals surface area (Å²) in [5, 5.41) is 7.62. The van der Waals surface area contributed by atoms with E-state index in [9.17, 15) is 18.0 Å². The summed E-state index contributed by atoms with van der Waals surface area (Å²) in [4.78, 5) is 17.6. The maximum Gasteiger partial charge on any atom is 0.417 e. The van der Waals surface area contributed by atoms with Crippen LogP contribution in [0.5, 0.6) is 0 Å². The van der Waals surface area contributed by atoms with Crippen LogP contribution in [0.1, 0.15) is 74.2 Å². The van der Waals surface area contributed by atoms with Gasteiger partial charge in [0.1, 0.15) is 6.54 Å². The van der Waals surface area contributed by atoms with Crippen molar-refractivity contribution in [3.63, 3.8) is 0 Å². The van der Waals surface area contributed by atoms with Gasteiger partial charge in [-0.3, -0.25) is 4.79 Å². The number of carbonyl (C=O) groups is 1. The van der Waals surface area contributed by atoms with E-state index in [4.69, 9.17) is 0 Å². The number of aromatic nitrogens is 3. The summed E-state index contributed by atoms with van der Waals surface area (Å²) in [6, 6.07) is 1.18. The molecule has 0 unspecified atom stereocenters. The minimum atomic E-state index is -4.48. The van der Waals surface area contributed by atoms with Crippen molar-refractivity contribution in [1.82, 2.24) is 20.1 Å². The highest BCUT2D eigenvalue weighted by atomic mass is 19.4. The Morgan fingerprint density at radius 2 is 1.77 bits per heavy atom. The van der Waals surface area contributed by atoms with Crippen LogP contribution < -0.4 is 5.32 Å². The Bertz CT molecular complexity index is 1030. The molecule has 0 radical (unpaired) electrons. The quantitative estimate of drug-likeness (QED) is 0.761. The first-order valence-corrected chi connectivity index (χ1v) is 11.5. The molecule has 1 amide bonds. The molecule has 1 N–H and O–H groups in total. The Labute approximate surface area is 178 Å². The van der Waals surface area contributed by atoms with Crippen LogP contribution in [-0.2, 0) is 17.5 Å². The van der Waals surface area contributed by atoms with Gasteiger partial charge in [-0.1, -0.05) is 0 Å². The minimum absolute atomic E-state index is 0.0134. The second-order valence-electron chi connectivity index (χ2n) is 10.6. The van der Waals surface area contributed by atoms with Gasteiger partial charge in [0.15, 0.2) is 5.65 Å². The van der Waals surface area contributed by atoms with E-state index in [-0.39, 0.29) is 40.6 Å². The number of pyridine rings is 1. The number of nitrogens with one attached hydrogen (secondary N) is 1. The molecule has 0 aliphatic heterocycles. The van der Waals surface area contributed by atoms with Crippen LogP contribution in [-0.4, -0.2) is 26.2 Å². The average Bonchev–Trinajstić information content (AvgIpc) is 3.45. The third-order valence-electron chi connectivity index (χ3n) is 7.93. The van der Waals surface area contributed by atoms with E-state index in [1.165, 1.54) is 30.0 Å². The monoisotopic (exact) mass is 432 g/mol. The fourth-order valence-electron chi connectivity index (χ4n) is 7.03. The molecule has 5 nitrogen and oxygen atoms in total. The number of carbonyl (C=O) groups excluding carboxylic acids is 1. The summed E-state index contributed by atoms with van der Waals surface area (Å²) in [5.74, 6) is 2.03. The molecule has 5 fully saturated rings. The standard InChI is InChI=1S/C23H27F3N4O/c1-12-20-17(23(24,25)26)7-18(16-2-3-16)27-21(20)30(29-12)11-19(31)28-22-8-13-4-14(9-22)6-15(5-13)10-22/h7,13-16H,2-6,8-11H2,1H3,(H,28,31). The lowest BCUT2D eigenvalue weighted by Crippen LogP contribution is -2.60. The topological polar surface area (TPSA) is 59.8 Å². The fraction of sp³-hybridized carbons (Fsp3) is 0.696. The van der Waals surface area contributed by atoms with Gasteiger partial charge in [-0.2, -0.15) is 18.3 Å². The predicted molar refractivity (Wildman–Crippen MR) is 108 cm³/mol. The largest absolute Gasteiger partial charge is 0.417 e. The second kappa shape index (κ2) is 6.45. The Morgan fingerprint density at radius 1 is 1.16 bits per heavy atom. The van der Waals surface area contributed by atoms with Crippen LogP contribution in [0.15, 0.2) is 6.07 Å². The van der Waals surface area contributed by atoms with Crippen molar-refractivity contribution in [2.45, 2.75) is 82.5 Å². The summed E-state index contributed by atoms with van der Waals surface area (Å²) >= 11 is 0. The van der Waals surface area contributed by atoms with Crippen molar-refractivity contribution in [3.8, 4) is 0 Å². The van der Waals surface area contributed by atoms with Crippen LogP contribution >= 0.6 is 0 Å². The van der Waals surface area contributed by atoms with E-state index in [2.05, 4.69) is 15.4 Å². The molecule has 0 saturated heterocycles. The number of fused-ring (bicyclic) bond motifs is 1. The van der Waals surface area contributed by atoms with Crippen molar-refractivity contribution >= 4 is 16.9 Å². The van der Waals surface area contributed by atoms with Crippen LogP contribution in [0.4, 0.5) is 13.2 Å². The highest BCUT2D eigenvalue weighted by Crippen LogP contribution is 2.55. The molecule has 166 valence electrons. The zero-order valence-corrected chi connectivity index (χ0v) is 17.6. The van der Waals surface area contributed by atoms with Crippen LogP contribution in [0.25, 0.3) is 11.0 Å². The number of hydrogen-bond donors (Lipinski definition) is 1. The molecule has 2 heterocycles. The van der Waals surface area contributed by atoms with Crippen molar-refractivity contribution in [1.29, 1.82) is 0 Å². The number of halogens is 3. The Balaban J connectivity index is 1.31. The molecule has 8 heteroatoms. The van der Waals surface area contributed by atoms with E-state index in [0.717, 1.165) is 32.1 Å². The van der Waals surface area contributed by atoms with Gasteiger partial charge in [0.05, 0.1) is 16.6 Å². The molecular formula is C23H27F3N4O. The molecule has 7 rings (SSSR count). The van der Waals surface area contributed by atoms with Crippen LogP contribution in [0.3, 0.4) is 0 Å². The first-order chi connectivity index (χ1) is 14.7. The fourth-order valence-corrected chi connectivity index (χ4v) is 7.03. The van der Waals surface area contributed by atoms with Crippen LogP contribution in [0.2, 0.25) is 0 Å². The SMILES string of the molecule is Cc1nn(CC(=O)NC23CC4CC(CC(C4)C2)C3)c2nc(C3CC3)cc(C(F)(F)F)c12.